The summed E-state index contributed by atoms with van der Waals surface area (Å²) >= 11 is 0. The Bertz CT molecular complexity index is 408. The zero-order valence-electron chi connectivity index (χ0n) is 11.2. The van der Waals surface area contributed by atoms with E-state index in [-0.39, 0.29) is 11.8 Å². The number of benzene rings is 1. The van der Waals surface area contributed by atoms with Gasteiger partial charge in [-0.3, -0.25) is 4.79 Å². The summed E-state index contributed by atoms with van der Waals surface area (Å²) in [7, 11) is 0. The van der Waals surface area contributed by atoms with Crippen LogP contribution >= 0.6 is 0 Å². The number of hydrogen-bond acceptors (Lipinski definition) is 1. The maximum absolute atomic E-state index is 12.0. The average molecular weight is 243 g/mol. The highest BCUT2D eigenvalue weighted by Gasteiger charge is 2.15. The van der Waals surface area contributed by atoms with Crippen LogP contribution in [0.1, 0.15) is 25.8 Å². The smallest absolute Gasteiger partial charge is 0.229 e. The van der Waals surface area contributed by atoms with Crippen molar-refractivity contribution in [2.75, 3.05) is 6.54 Å². The van der Waals surface area contributed by atoms with Crippen molar-refractivity contribution in [3.05, 3.63) is 54.8 Å². The molecule has 1 rings (SSSR count). The van der Waals surface area contributed by atoms with E-state index < -0.39 is 0 Å². The Morgan fingerprint density at radius 2 is 2.06 bits per heavy atom. The van der Waals surface area contributed by atoms with Gasteiger partial charge in [-0.15, -0.1) is 0 Å². The van der Waals surface area contributed by atoms with Gasteiger partial charge in [-0.25, -0.2) is 0 Å². The molecule has 0 aliphatic carbocycles. The fraction of sp³-hybridized carbons (Fsp3) is 0.312. The number of rotatable bonds is 6. The standard InChI is InChI=1S/C16H21NO/c1-4-14(3)16(18)17(5-2)13-9-12-15-10-7-6-8-11-15/h5-12,14H,2,4,13H2,1,3H3/b12-9+. The lowest BCUT2D eigenvalue weighted by molar-refractivity contribution is -0.131. The fourth-order valence-electron chi connectivity index (χ4n) is 1.58. The molecule has 0 radical (unpaired) electrons. The number of carbonyl (C=O) groups is 1. The Labute approximate surface area is 110 Å². The first-order chi connectivity index (χ1) is 8.69. The molecule has 0 saturated carbocycles. The maximum atomic E-state index is 12.0. The number of nitrogens with zero attached hydrogens (tertiary/aromatic N) is 1. The predicted octanol–water partition coefficient (Wildman–Crippen LogP) is 3.72. The molecule has 2 nitrogen and oxygen atoms in total. The third-order valence-electron chi connectivity index (χ3n) is 2.95. The molecule has 1 unspecified atom stereocenters. The number of hydrogen-bond donors (Lipinski definition) is 0. The van der Waals surface area contributed by atoms with Crippen molar-refractivity contribution in [3.63, 3.8) is 0 Å². The largest absolute Gasteiger partial charge is 0.316 e. The summed E-state index contributed by atoms with van der Waals surface area (Å²) in [5.41, 5.74) is 1.14. The van der Waals surface area contributed by atoms with Crippen LogP contribution < -0.4 is 0 Å². The van der Waals surface area contributed by atoms with Crippen LogP contribution in [0.25, 0.3) is 6.08 Å². The Morgan fingerprint density at radius 3 is 2.61 bits per heavy atom. The molecule has 0 aliphatic heterocycles. The molecule has 1 aromatic carbocycles. The van der Waals surface area contributed by atoms with E-state index in [1.165, 1.54) is 0 Å². The lowest BCUT2D eigenvalue weighted by Gasteiger charge is -2.19. The molecule has 0 fully saturated rings. The molecule has 0 saturated heterocycles. The van der Waals surface area contributed by atoms with Gasteiger partial charge in [-0.05, 0) is 18.2 Å². The molecule has 1 atom stereocenters. The molecule has 0 aromatic heterocycles. The summed E-state index contributed by atoms with van der Waals surface area (Å²) < 4.78 is 0. The van der Waals surface area contributed by atoms with E-state index >= 15 is 0 Å². The Morgan fingerprint density at radius 1 is 1.39 bits per heavy atom. The topological polar surface area (TPSA) is 20.3 Å². The SMILES string of the molecule is C=CN(C/C=C/c1ccccc1)C(=O)C(C)CC. The molecule has 1 amide bonds. The first-order valence-electron chi connectivity index (χ1n) is 6.33. The van der Waals surface area contributed by atoms with Crippen molar-refractivity contribution in [1.82, 2.24) is 4.90 Å². The lowest BCUT2D eigenvalue weighted by atomic mass is 10.1. The summed E-state index contributed by atoms with van der Waals surface area (Å²) in [4.78, 5) is 13.6. The third kappa shape index (κ3) is 4.21. The van der Waals surface area contributed by atoms with Gasteiger partial charge >= 0.3 is 0 Å². The molecule has 0 N–H and O–H groups in total. The van der Waals surface area contributed by atoms with Gasteiger partial charge in [0.15, 0.2) is 0 Å². The highest BCUT2D eigenvalue weighted by Crippen LogP contribution is 2.08. The maximum Gasteiger partial charge on any atom is 0.229 e. The minimum Gasteiger partial charge on any atom is -0.316 e. The van der Waals surface area contributed by atoms with Crippen LogP contribution in [0.5, 0.6) is 0 Å². The quantitative estimate of drug-likeness (QED) is 0.745. The van der Waals surface area contributed by atoms with E-state index in [1.54, 1.807) is 11.1 Å². The highest BCUT2D eigenvalue weighted by molar-refractivity contribution is 5.79. The predicted molar refractivity (Wildman–Crippen MR) is 76.8 cm³/mol. The zero-order valence-corrected chi connectivity index (χ0v) is 11.2. The zero-order chi connectivity index (χ0) is 13.4. The number of carbonyl (C=O) groups excluding carboxylic acids is 1. The molecule has 0 bridgehead atoms. The van der Waals surface area contributed by atoms with Crippen molar-refractivity contribution in [2.45, 2.75) is 20.3 Å². The molecule has 18 heavy (non-hydrogen) atoms. The lowest BCUT2D eigenvalue weighted by Crippen LogP contribution is -2.30. The van der Waals surface area contributed by atoms with Crippen molar-refractivity contribution in [1.29, 1.82) is 0 Å². The van der Waals surface area contributed by atoms with E-state index in [0.717, 1.165) is 12.0 Å². The van der Waals surface area contributed by atoms with Crippen LogP contribution in [-0.4, -0.2) is 17.4 Å². The summed E-state index contributed by atoms with van der Waals surface area (Å²) in [5.74, 6) is 0.179. The fourth-order valence-corrected chi connectivity index (χ4v) is 1.58. The molecular weight excluding hydrogens is 222 g/mol. The van der Waals surface area contributed by atoms with Crippen LogP contribution in [0.3, 0.4) is 0 Å². The minimum atomic E-state index is 0.0492. The summed E-state index contributed by atoms with van der Waals surface area (Å²) in [6.45, 7) is 8.23. The molecule has 1 aromatic rings. The van der Waals surface area contributed by atoms with Gasteiger partial charge in [0.1, 0.15) is 0 Å². The molecular formula is C16H21NO. The van der Waals surface area contributed by atoms with Gasteiger partial charge in [0, 0.05) is 12.5 Å². The third-order valence-corrected chi connectivity index (χ3v) is 2.95. The van der Waals surface area contributed by atoms with E-state index in [9.17, 15) is 4.79 Å². The molecule has 2 heteroatoms. The number of amides is 1. The Balaban J connectivity index is 2.57. The molecule has 0 spiro atoms. The van der Waals surface area contributed by atoms with Gasteiger partial charge < -0.3 is 4.90 Å². The van der Waals surface area contributed by atoms with Gasteiger partial charge in [0.05, 0.1) is 0 Å². The highest BCUT2D eigenvalue weighted by atomic mass is 16.2. The normalized spacial score (nSPS) is 12.3. The molecule has 0 heterocycles. The van der Waals surface area contributed by atoms with E-state index in [0.29, 0.717) is 6.54 Å². The first kappa shape index (κ1) is 14.2. The van der Waals surface area contributed by atoms with Crippen LogP contribution in [-0.2, 0) is 4.79 Å². The van der Waals surface area contributed by atoms with Gasteiger partial charge in [-0.2, -0.15) is 0 Å². The minimum absolute atomic E-state index is 0.0492. The Hall–Kier alpha value is -1.83. The van der Waals surface area contributed by atoms with Gasteiger partial charge in [-0.1, -0.05) is 62.9 Å². The van der Waals surface area contributed by atoms with E-state index in [4.69, 9.17) is 0 Å². The summed E-state index contributed by atoms with van der Waals surface area (Å²) in [6.07, 6.45) is 6.45. The van der Waals surface area contributed by atoms with Crippen molar-refractivity contribution < 1.29 is 4.79 Å². The Kier molecular flexibility index (Phi) is 5.92. The van der Waals surface area contributed by atoms with Crippen LogP contribution in [0.4, 0.5) is 0 Å². The second-order valence-corrected chi connectivity index (χ2v) is 4.30. The van der Waals surface area contributed by atoms with Gasteiger partial charge in [0.2, 0.25) is 5.91 Å². The second kappa shape index (κ2) is 7.49. The monoisotopic (exact) mass is 243 g/mol. The second-order valence-electron chi connectivity index (χ2n) is 4.30. The van der Waals surface area contributed by atoms with Crippen LogP contribution in [0.2, 0.25) is 0 Å². The molecule has 96 valence electrons. The molecule has 0 aliphatic rings. The van der Waals surface area contributed by atoms with Crippen LogP contribution in [0.15, 0.2) is 49.2 Å². The van der Waals surface area contributed by atoms with Crippen molar-refractivity contribution in [3.8, 4) is 0 Å². The summed E-state index contributed by atoms with van der Waals surface area (Å²) in [5, 5.41) is 0. The van der Waals surface area contributed by atoms with Crippen molar-refractivity contribution in [2.24, 2.45) is 5.92 Å². The van der Waals surface area contributed by atoms with E-state index in [2.05, 4.69) is 6.58 Å². The van der Waals surface area contributed by atoms with Crippen LogP contribution in [0, 0.1) is 5.92 Å². The van der Waals surface area contributed by atoms with Crippen molar-refractivity contribution >= 4 is 12.0 Å². The van der Waals surface area contributed by atoms with E-state index in [1.807, 2.05) is 56.3 Å². The summed E-state index contributed by atoms with van der Waals surface area (Å²) in [6, 6.07) is 10.0. The first-order valence-corrected chi connectivity index (χ1v) is 6.33. The van der Waals surface area contributed by atoms with Gasteiger partial charge in [0.25, 0.3) is 0 Å². The average Bonchev–Trinajstić information content (AvgIpc) is 2.43.